The fraction of sp³-hybridized carbons (Fsp3) is 0.333. The third kappa shape index (κ3) is 3.16. The third-order valence-electron chi connectivity index (χ3n) is 4.97. The van der Waals surface area contributed by atoms with Crippen molar-refractivity contribution in [2.24, 2.45) is 0 Å². The van der Waals surface area contributed by atoms with Gasteiger partial charge in [-0.25, -0.2) is 4.79 Å². The van der Waals surface area contributed by atoms with Gasteiger partial charge in [-0.2, -0.15) is 0 Å². The number of hydrogen-bond donors (Lipinski definition) is 0. The van der Waals surface area contributed by atoms with Crippen molar-refractivity contribution in [2.75, 3.05) is 13.7 Å². The highest BCUT2D eigenvalue weighted by atomic mass is 16.5. The van der Waals surface area contributed by atoms with E-state index in [9.17, 15) is 9.59 Å². The highest BCUT2D eigenvalue weighted by Crippen LogP contribution is 2.37. The van der Waals surface area contributed by atoms with Crippen molar-refractivity contribution >= 4 is 11.9 Å². The van der Waals surface area contributed by atoms with E-state index >= 15 is 0 Å². The Morgan fingerprint density at radius 2 is 1.96 bits per heavy atom. The van der Waals surface area contributed by atoms with Crippen LogP contribution in [0.1, 0.15) is 56.8 Å². The summed E-state index contributed by atoms with van der Waals surface area (Å²) < 4.78 is 4.83. The number of rotatable bonds is 4. The summed E-state index contributed by atoms with van der Waals surface area (Å²) in [5.41, 5.74) is 4.52. The van der Waals surface area contributed by atoms with Crippen LogP contribution in [0.5, 0.6) is 0 Å². The number of benzene rings is 2. The minimum absolute atomic E-state index is 0.00304. The third-order valence-corrected chi connectivity index (χ3v) is 4.97. The molecule has 0 aromatic heterocycles. The van der Waals surface area contributed by atoms with Crippen LogP contribution in [0.2, 0.25) is 0 Å². The zero-order chi connectivity index (χ0) is 18.0. The predicted molar refractivity (Wildman–Crippen MR) is 96.7 cm³/mol. The quantitative estimate of drug-likeness (QED) is 0.794. The van der Waals surface area contributed by atoms with Crippen molar-refractivity contribution in [3.05, 3.63) is 70.3 Å². The predicted octanol–water partition coefficient (Wildman–Crippen LogP) is 3.93. The van der Waals surface area contributed by atoms with Crippen molar-refractivity contribution in [1.82, 2.24) is 4.90 Å². The monoisotopic (exact) mass is 337 g/mol. The lowest BCUT2D eigenvalue weighted by atomic mass is 10.0. The minimum atomic E-state index is -0.346. The number of methoxy groups -OCH3 is 1. The average Bonchev–Trinajstić information content (AvgIpc) is 3.05. The number of esters is 1. The molecule has 1 amide bonds. The van der Waals surface area contributed by atoms with Gasteiger partial charge in [0.2, 0.25) is 0 Å². The molecular formula is C21H23NO3. The summed E-state index contributed by atoms with van der Waals surface area (Å²) in [7, 11) is 1.38. The molecule has 0 heterocycles. The van der Waals surface area contributed by atoms with Gasteiger partial charge in [0.15, 0.2) is 0 Å². The molecule has 1 unspecified atom stereocenters. The molecule has 0 N–H and O–H groups in total. The van der Waals surface area contributed by atoms with Crippen molar-refractivity contribution in [1.29, 1.82) is 0 Å². The lowest BCUT2D eigenvalue weighted by Crippen LogP contribution is -2.34. The Balaban J connectivity index is 1.96. The number of aryl methyl sites for hydroxylation is 2. The van der Waals surface area contributed by atoms with Crippen LogP contribution in [-0.4, -0.2) is 30.4 Å². The van der Waals surface area contributed by atoms with Crippen LogP contribution in [0.3, 0.4) is 0 Å². The summed E-state index contributed by atoms with van der Waals surface area (Å²) in [5.74, 6) is -0.302. The number of hydrogen-bond acceptors (Lipinski definition) is 3. The maximum absolute atomic E-state index is 13.1. The van der Waals surface area contributed by atoms with Crippen LogP contribution in [0.15, 0.2) is 42.5 Å². The van der Waals surface area contributed by atoms with Crippen LogP contribution in [0.4, 0.5) is 0 Å². The van der Waals surface area contributed by atoms with Crippen LogP contribution >= 0.6 is 0 Å². The molecule has 130 valence electrons. The standard InChI is InChI=1S/C21H23NO3/c1-4-22(20(23)17-8-6-5-7-14(17)2)19-12-11-15-9-10-16(13-18(15)19)21(24)25-3/h5-10,13,19H,4,11-12H2,1-3H3. The Kier molecular flexibility index (Phi) is 4.88. The van der Waals surface area contributed by atoms with Gasteiger partial charge in [0.05, 0.1) is 18.7 Å². The average molecular weight is 337 g/mol. The topological polar surface area (TPSA) is 46.6 Å². The molecule has 25 heavy (non-hydrogen) atoms. The molecule has 0 spiro atoms. The number of fused-ring (bicyclic) bond motifs is 1. The van der Waals surface area contributed by atoms with Gasteiger partial charge in [-0.05, 0) is 61.6 Å². The summed E-state index contributed by atoms with van der Waals surface area (Å²) in [6.07, 6.45) is 1.80. The first-order valence-electron chi connectivity index (χ1n) is 8.64. The van der Waals surface area contributed by atoms with Gasteiger partial charge in [0.1, 0.15) is 0 Å². The van der Waals surface area contributed by atoms with E-state index in [-0.39, 0.29) is 17.9 Å². The van der Waals surface area contributed by atoms with E-state index in [1.54, 1.807) is 6.07 Å². The van der Waals surface area contributed by atoms with Gasteiger partial charge in [0, 0.05) is 12.1 Å². The Labute approximate surface area is 148 Å². The van der Waals surface area contributed by atoms with E-state index in [0.29, 0.717) is 12.1 Å². The Morgan fingerprint density at radius 3 is 2.64 bits per heavy atom. The molecule has 4 heteroatoms. The smallest absolute Gasteiger partial charge is 0.337 e. The summed E-state index contributed by atoms with van der Waals surface area (Å²) in [6, 6.07) is 13.3. The Bertz CT molecular complexity index is 813. The minimum Gasteiger partial charge on any atom is -0.465 e. The highest BCUT2D eigenvalue weighted by Gasteiger charge is 2.31. The second kappa shape index (κ2) is 7.09. The number of nitrogens with zero attached hydrogens (tertiary/aromatic N) is 1. The summed E-state index contributed by atoms with van der Waals surface area (Å²) in [4.78, 5) is 26.9. The largest absolute Gasteiger partial charge is 0.465 e. The molecule has 0 fully saturated rings. The first kappa shape index (κ1) is 17.2. The lowest BCUT2D eigenvalue weighted by Gasteiger charge is -2.29. The van der Waals surface area contributed by atoms with E-state index in [0.717, 1.165) is 29.5 Å². The number of carbonyl (C=O) groups excluding carboxylic acids is 2. The molecule has 2 aromatic carbocycles. The van der Waals surface area contributed by atoms with Crippen LogP contribution in [0.25, 0.3) is 0 Å². The van der Waals surface area contributed by atoms with Crippen molar-refractivity contribution in [3.63, 3.8) is 0 Å². The zero-order valence-electron chi connectivity index (χ0n) is 14.9. The fourth-order valence-corrected chi connectivity index (χ4v) is 3.62. The van der Waals surface area contributed by atoms with E-state index in [2.05, 4.69) is 0 Å². The van der Waals surface area contributed by atoms with E-state index < -0.39 is 0 Å². The maximum Gasteiger partial charge on any atom is 0.337 e. The molecule has 1 aliphatic rings. The fourth-order valence-electron chi connectivity index (χ4n) is 3.62. The van der Waals surface area contributed by atoms with Gasteiger partial charge < -0.3 is 9.64 Å². The molecule has 1 atom stereocenters. The summed E-state index contributed by atoms with van der Waals surface area (Å²) in [5, 5.41) is 0. The summed E-state index contributed by atoms with van der Waals surface area (Å²) in [6.45, 7) is 4.58. The van der Waals surface area contributed by atoms with Crippen LogP contribution in [-0.2, 0) is 11.2 Å². The second-order valence-electron chi connectivity index (χ2n) is 6.37. The van der Waals surface area contributed by atoms with E-state index in [1.807, 2.05) is 55.1 Å². The molecule has 4 nitrogen and oxygen atoms in total. The van der Waals surface area contributed by atoms with E-state index in [4.69, 9.17) is 4.74 Å². The molecular weight excluding hydrogens is 314 g/mol. The number of ether oxygens (including phenoxy) is 1. The second-order valence-corrected chi connectivity index (χ2v) is 6.37. The normalized spacial score (nSPS) is 15.6. The van der Waals surface area contributed by atoms with Gasteiger partial charge in [-0.1, -0.05) is 24.3 Å². The van der Waals surface area contributed by atoms with E-state index in [1.165, 1.54) is 12.7 Å². The highest BCUT2D eigenvalue weighted by molar-refractivity contribution is 5.96. The lowest BCUT2D eigenvalue weighted by molar-refractivity contribution is 0.0600. The molecule has 0 bridgehead atoms. The SMILES string of the molecule is CCN(C(=O)c1ccccc1C)C1CCc2ccc(C(=O)OC)cc21. The first-order valence-corrected chi connectivity index (χ1v) is 8.64. The number of carbonyl (C=O) groups is 2. The maximum atomic E-state index is 13.1. The molecule has 0 saturated heterocycles. The van der Waals surface area contributed by atoms with Crippen molar-refractivity contribution < 1.29 is 14.3 Å². The Hall–Kier alpha value is -2.62. The van der Waals surface area contributed by atoms with Gasteiger partial charge in [-0.15, -0.1) is 0 Å². The van der Waals surface area contributed by atoms with Gasteiger partial charge in [-0.3, -0.25) is 4.79 Å². The Morgan fingerprint density at radius 1 is 1.20 bits per heavy atom. The molecule has 2 aromatic rings. The van der Waals surface area contributed by atoms with Crippen LogP contribution in [0, 0.1) is 6.92 Å². The first-order chi connectivity index (χ1) is 12.1. The molecule has 3 rings (SSSR count). The van der Waals surface area contributed by atoms with Crippen LogP contribution < -0.4 is 0 Å². The molecule has 1 aliphatic carbocycles. The zero-order valence-corrected chi connectivity index (χ0v) is 14.9. The number of amides is 1. The molecule has 0 saturated carbocycles. The van der Waals surface area contributed by atoms with Gasteiger partial charge in [0.25, 0.3) is 5.91 Å². The summed E-state index contributed by atoms with van der Waals surface area (Å²) >= 11 is 0. The molecule has 0 radical (unpaired) electrons. The van der Waals surface area contributed by atoms with Gasteiger partial charge >= 0.3 is 5.97 Å². The van der Waals surface area contributed by atoms with Crippen molar-refractivity contribution in [3.8, 4) is 0 Å². The van der Waals surface area contributed by atoms with Crippen molar-refractivity contribution in [2.45, 2.75) is 32.7 Å². The molecule has 0 aliphatic heterocycles.